The second kappa shape index (κ2) is 11.0. The number of unbranched alkanes of at least 4 members (excludes halogenated alkanes) is 1. The molecule has 1 rings (SSSR count). The number of guanidine groups is 1. The Balaban J connectivity index is 0.00000256. The summed E-state index contributed by atoms with van der Waals surface area (Å²) in [6, 6.07) is 0. The SMILES string of the molecule is CCOCCCCN=C(N)N1CCOCC1.I. The Bertz CT molecular complexity index is 209. The van der Waals surface area contributed by atoms with Crippen molar-refractivity contribution in [2.45, 2.75) is 19.8 Å². The first-order valence-corrected chi connectivity index (χ1v) is 6.05. The first-order valence-electron chi connectivity index (χ1n) is 6.05. The molecular weight excluding hydrogens is 333 g/mol. The number of morpholine rings is 1. The summed E-state index contributed by atoms with van der Waals surface area (Å²) in [4.78, 5) is 6.43. The fourth-order valence-electron chi connectivity index (χ4n) is 1.55. The number of nitrogens with two attached hydrogens (primary N) is 1. The van der Waals surface area contributed by atoms with Gasteiger partial charge in [0.2, 0.25) is 0 Å². The summed E-state index contributed by atoms with van der Waals surface area (Å²) in [6.07, 6.45) is 2.08. The number of hydrogen-bond donors (Lipinski definition) is 1. The number of rotatable bonds is 6. The number of halogens is 1. The number of nitrogens with zero attached hydrogens (tertiary/aromatic N) is 2. The van der Waals surface area contributed by atoms with Gasteiger partial charge in [-0.15, -0.1) is 24.0 Å². The zero-order chi connectivity index (χ0) is 11.6. The maximum Gasteiger partial charge on any atom is 0.191 e. The van der Waals surface area contributed by atoms with Crippen LogP contribution in [0.3, 0.4) is 0 Å². The first kappa shape index (κ1) is 16.9. The molecule has 0 bridgehead atoms. The van der Waals surface area contributed by atoms with Gasteiger partial charge in [0.15, 0.2) is 5.96 Å². The van der Waals surface area contributed by atoms with Gasteiger partial charge in [0.1, 0.15) is 0 Å². The molecule has 17 heavy (non-hydrogen) atoms. The maximum absolute atomic E-state index is 5.88. The van der Waals surface area contributed by atoms with Crippen LogP contribution in [0.4, 0.5) is 0 Å². The lowest BCUT2D eigenvalue weighted by Crippen LogP contribution is -2.44. The Kier molecular flexibility index (Phi) is 11.0. The molecule has 6 heteroatoms. The number of hydrogen-bond acceptors (Lipinski definition) is 3. The minimum Gasteiger partial charge on any atom is -0.382 e. The van der Waals surface area contributed by atoms with Crippen LogP contribution in [0, 0.1) is 0 Å². The lowest BCUT2D eigenvalue weighted by atomic mass is 10.3. The van der Waals surface area contributed by atoms with Crippen molar-refractivity contribution < 1.29 is 9.47 Å². The Hall–Kier alpha value is -0.0800. The molecule has 1 aliphatic rings. The molecule has 0 amide bonds. The van der Waals surface area contributed by atoms with Crippen LogP contribution in [0.25, 0.3) is 0 Å². The maximum atomic E-state index is 5.88. The highest BCUT2D eigenvalue weighted by atomic mass is 127. The molecule has 0 unspecified atom stereocenters. The molecule has 102 valence electrons. The molecule has 1 saturated heterocycles. The van der Waals surface area contributed by atoms with E-state index in [1.54, 1.807) is 0 Å². The van der Waals surface area contributed by atoms with Crippen LogP contribution in [-0.2, 0) is 9.47 Å². The molecule has 1 heterocycles. The summed E-state index contributed by atoms with van der Waals surface area (Å²) in [5.41, 5.74) is 5.88. The van der Waals surface area contributed by atoms with Crippen molar-refractivity contribution in [1.82, 2.24) is 4.90 Å². The molecule has 2 N–H and O–H groups in total. The van der Waals surface area contributed by atoms with E-state index in [4.69, 9.17) is 15.2 Å². The Morgan fingerprint density at radius 2 is 2.06 bits per heavy atom. The summed E-state index contributed by atoms with van der Waals surface area (Å²) >= 11 is 0. The molecule has 1 fully saturated rings. The molecular formula is C11H24IN3O2. The van der Waals surface area contributed by atoms with E-state index >= 15 is 0 Å². The van der Waals surface area contributed by atoms with Gasteiger partial charge in [-0.1, -0.05) is 0 Å². The number of aliphatic imine (C=N–C) groups is 1. The van der Waals surface area contributed by atoms with E-state index < -0.39 is 0 Å². The van der Waals surface area contributed by atoms with Gasteiger partial charge >= 0.3 is 0 Å². The van der Waals surface area contributed by atoms with Crippen molar-refractivity contribution >= 4 is 29.9 Å². The standard InChI is InChI=1S/C11H23N3O2.HI/c1-2-15-8-4-3-5-13-11(12)14-6-9-16-10-7-14;/h2-10H2,1H3,(H2,12,13);1H. The Morgan fingerprint density at radius 3 is 2.71 bits per heavy atom. The predicted molar refractivity (Wildman–Crippen MR) is 80.0 cm³/mol. The van der Waals surface area contributed by atoms with Gasteiger partial charge in [-0.05, 0) is 19.8 Å². The van der Waals surface area contributed by atoms with Crippen molar-refractivity contribution in [3.8, 4) is 0 Å². The normalized spacial score (nSPS) is 16.8. The van der Waals surface area contributed by atoms with Gasteiger partial charge in [0.25, 0.3) is 0 Å². The van der Waals surface area contributed by atoms with Crippen LogP contribution in [-0.4, -0.2) is 56.9 Å². The molecule has 0 spiro atoms. The van der Waals surface area contributed by atoms with Crippen LogP contribution in [0.1, 0.15) is 19.8 Å². The third-order valence-corrected chi connectivity index (χ3v) is 2.51. The highest BCUT2D eigenvalue weighted by Gasteiger charge is 2.11. The zero-order valence-corrected chi connectivity index (χ0v) is 12.9. The fraction of sp³-hybridized carbons (Fsp3) is 0.909. The zero-order valence-electron chi connectivity index (χ0n) is 10.6. The average Bonchev–Trinajstić information content (AvgIpc) is 2.34. The minimum absolute atomic E-state index is 0. The molecule has 0 aliphatic carbocycles. The largest absolute Gasteiger partial charge is 0.382 e. The molecule has 0 aromatic rings. The topological polar surface area (TPSA) is 60.1 Å². The quantitative estimate of drug-likeness (QED) is 0.334. The van der Waals surface area contributed by atoms with Crippen molar-refractivity contribution in [2.75, 3.05) is 46.1 Å². The molecule has 0 aromatic carbocycles. The Morgan fingerprint density at radius 1 is 1.35 bits per heavy atom. The predicted octanol–water partition coefficient (Wildman–Crippen LogP) is 1.07. The van der Waals surface area contributed by atoms with Crippen LogP contribution < -0.4 is 5.73 Å². The van der Waals surface area contributed by atoms with Gasteiger partial charge in [-0.25, -0.2) is 0 Å². The third kappa shape index (κ3) is 7.77. The fourth-order valence-corrected chi connectivity index (χ4v) is 1.55. The van der Waals surface area contributed by atoms with E-state index in [1.807, 2.05) is 6.92 Å². The summed E-state index contributed by atoms with van der Waals surface area (Å²) in [5.74, 6) is 0.653. The second-order valence-corrected chi connectivity index (χ2v) is 3.74. The monoisotopic (exact) mass is 357 g/mol. The van der Waals surface area contributed by atoms with Crippen LogP contribution in [0.2, 0.25) is 0 Å². The van der Waals surface area contributed by atoms with Gasteiger partial charge < -0.3 is 20.1 Å². The second-order valence-electron chi connectivity index (χ2n) is 3.74. The molecule has 0 radical (unpaired) electrons. The third-order valence-electron chi connectivity index (χ3n) is 2.51. The molecule has 0 aromatic heterocycles. The van der Waals surface area contributed by atoms with E-state index in [0.717, 1.165) is 58.9 Å². The van der Waals surface area contributed by atoms with Crippen molar-refractivity contribution in [3.05, 3.63) is 0 Å². The van der Waals surface area contributed by atoms with E-state index in [0.29, 0.717) is 5.96 Å². The smallest absolute Gasteiger partial charge is 0.191 e. The average molecular weight is 357 g/mol. The summed E-state index contributed by atoms with van der Waals surface area (Å²) in [5, 5.41) is 0. The van der Waals surface area contributed by atoms with Crippen LogP contribution in [0.15, 0.2) is 4.99 Å². The highest BCUT2D eigenvalue weighted by Crippen LogP contribution is 1.97. The molecule has 1 aliphatic heterocycles. The van der Waals surface area contributed by atoms with E-state index in [1.165, 1.54) is 0 Å². The summed E-state index contributed by atoms with van der Waals surface area (Å²) in [7, 11) is 0. The van der Waals surface area contributed by atoms with Crippen molar-refractivity contribution in [2.24, 2.45) is 10.7 Å². The van der Waals surface area contributed by atoms with E-state index in [-0.39, 0.29) is 24.0 Å². The summed E-state index contributed by atoms with van der Waals surface area (Å²) in [6.45, 7) is 7.62. The van der Waals surface area contributed by atoms with Crippen molar-refractivity contribution in [1.29, 1.82) is 0 Å². The van der Waals surface area contributed by atoms with E-state index in [9.17, 15) is 0 Å². The first-order chi connectivity index (χ1) is 7.84. The Labute approximate surface area is 121 Å². The summed E-state index contributed by atoms with van der Waals surface area (Å²) < 4.78 is 10.5. The van der Waals surface area contributed by atoms with Crippen LogP contribution in [0.5, 0.6) is 0 Å². The van der Waals surface area contributed by atoms with Gasteiger partial charge in [-0.2, -0.15) is 0 Å². The molecule has 0 atom stereocenters. The lowest BCUT2D eigenvalue weighted by Gasteiger charge is -2.27. The van der Waals surface area contributed by atoms with Crippen LogP contribution >= 0.6 is 24.0 Å². The molecule has 0 saturated carbocycles. The highest BCUT2D eigenvalue weighted by molar-refractivity contribution is 14.0. The molecule has 5 nitrogen and oxygen atoms in total. The van der Waals surface area contributed by atoms with E-state index in [2.05, 4.69) is 9.89 Å². The lowest BCUT2D eigenvalue weighted by molar-refractivity contribution is 0.0674. The van der Waals surface area contributed by atoms with Crippen molar-refractivity contribution in [3.63, 3.8) is 0 Å². The number of ether oxygens (including phenoxy) is 2. The van der Waals surface area contributed by atoms with Gasteiger partial charge in [0.05, 0.1) is 13.2 Å². The minimum atomic E-state index is 0. The van der Waals surface area contributed by atoms with Gasteiger partial charge in [0, 0.05) is 32.8 Å². The van der Waals surface area contributed by atoms with Gasteiger partial charge in [-0.3, -0.25) is 4.99 Å².